The third-order valence-corrected chi connectivity index (χ3v) is 3.90. The molecule has 2 rings (SSSR count). The van der Waals surface area contributed by atoms with Gasteiger partial charge in [-0.2, -0.15) is 0 Å². The second-order valence-corrected chi connectivity index (χ2v) is 5.66. The van der Waals surface area contributed by atoms with Crippen molar-refractivity contribution in [2.24, 2.45) is 0 Å². The topological polar surface area (TPSA) is 12.0 Å². The second kappa shape index (κ2) is 6.88. The van der Waals surface area contributed by atoms with Crippen molar-refractivity contribution in [2.45, 2.75) is 26.8 Å². The number of benzene rings is 2. The Balaban J connectivity index is 2.22. The van der Waals surface area contributed by atoms with E-state index in [-0.39, 0.29) is 0 Å². The van der Waals surface area contributed by atoms with Gasteiger partial charge in [-0.05, 0) is 48.2 Å². The number of halogens is 1. The Hall–Kier alpha value is -1.12. The van der Waals surface area contributed by atoms with Gasteiger partial charge in [0.15, 0.2) is 0 Å². The molecule has 2 aromatic rings. The molecule has 0 heterocycles. The Bertz CT molecular complexity index is 549. The highest BCUT2D eigenvalue weighted by Gasteiger charge is 2.06. The van der Waals surface area contributed by atoms with Crippen LogP contribution in [-0.2, 0) is 6.54 Å². The molecule has 0 unspecified atom stereocenters. The Labute approximate surface area is 124 Å². The van der Waals surface area contributed by atoms with Crippen LogP contribution in [0.1, 0.15) is 24.5 Å². The largest absolute Gasteiger partial charge is 0.313 e. The van der Waals surface area contributed by atoms with Crippen LogP contribution in [-0.4, -0.2) is 6.54 Å². The lowest BCUT2D eigenvalue weighted by atomic mass is 9.98. The molecule has 0 aliphatic carbocycles. The van der Waals surface area contributed by atoms with E-state index in [4.69, 9.17) is 0 Å². The van der Waals surface area contributed by atoms with E-state index in [1.807, 2.05) is 6.07 Å². The molecule has 2 aromatic carbocycles. The molecule has 1 N–H and O–H groups in total. The Morgan fingerprint density at radius 2 is 1.84 bits per heavy atom. The van der Waals surface area contributed by atoms with Crippen LogP contribution in [0, 0.1) is 6.92 Å². The quantitative estimate of drug-likeness (QED) is 0.771. The minimum Gasteiger partial charge on any atom is -0.313 e. The van der Waals surface area contributed by atoms with Crippen LogP contribution >= 0.6 is 15.9 Å². The average molecular weight is 318 g/mol. The summed E-state index contributed by atoms with van der Waals surface area (Å²) in [7, 11) is 0. The summed E-state index contributed by atoms with van der Waals surface area (Å²) in [4.78, 5) is 0. The molecule has 0 aliphatic heterocycles. The highest BCUT2D eigenvalue weighted by Crippen LogP contribution is 2.30. The van der Waals surface area contributed by atoms with Crippen molar-refractivity contribution in [1.29, 1.82) is 0 Å². The Kier molecular flexibility index (Phi) is 5.17. The van der Waals surface area contributed by atoms with E-state index >= 15 is 0 Å². The van der Waals surface area contributed by atoms with E-state index in [0.29, 0.717) is 0 Å². The summed E-state index contributed by atoms with van der Waals surface area (Å²) < 4.78 is 1.15. The lowest BCUT2D eigenvalue weighted by molar-refractivity contribution is 0.675. The van der Waals surface area contributed by atoms with Crippen molar-refractivity contribution >= 4 is 15.9 Å². The first-order valence-electron chi connectivity index (χ1n) is 6.77. The number of hydrogen-bond donors (Lipinski definition) is 1. The zero-order valence-corrected chi connectivity index (χ0v) is 13.1. The van der Waals surface area contributed by atoms with E-state index in [9.17, 15) is 0 Å². The number of nitrogens with one attached hydrogen (secondary N) is 1. The highest BCUT2D eigenvalue weighted by atomic mass is 79.9. The molecule has 0 bridgehead atoms. The van der Waals surface area contributed by atoms with Crippen LogP contribution in [0.5, 0.6) is 0 Å². The molecule has 0 fully saturated rings. The lowest BCUT2D eigenvalue weighted by Gasteiger charge is -2.11. The van der Waals surface area contributed by atoms with Crippen molar-refractivity contribution in [1.82, 2.24) is 5.32 Å². The van der Waals surface area contributed by atoms with Gasteiger partial charge in [-0.25, -0.2) is 0 Å². The van der Waals surface area contributed by atoms with Crippen LogP contribution in [0.25, 0.3) is 11.1 Å². The van der Waals surface area contributed by atoms with Crippen LogP contribution < -0.4 is 5.32 Å². The first kappa shape index (κ1) is 14.3. The van der Waals surface area contributed by atoms with Crippen LogP contribution in [0.4, 0.5) is 0 Å². The predicted octanol–water partition coefficient (Wildman–Crippen LogP) is 4.92. The van der Waals surface area contributed by atoms with Crippen molar-refractivity contribution in [3.8, 4) is 11.1 Å². The minimum absolute atomic E-state index is 0.949. The normalized spacial score (nSPS) is 10.7. The number of rotatable bonds is 5. The standard InChI is InChI=1S/C17H20BrN/c1-3-10-19-12-14-8-9-15(13(2)11-14)16-6-4-5-7-17(16)18/h4-9,11,19H,3,10,12H2,1-2H3. The molecule has 1 nitrogen and oxygen atoms in total. The van der Waals surface area contributed by atoms with Gasteiger partial charge < -0.3 is 5.32 Å². The summed E-state index contributed by atoms with van der Waals surface area (Å²) in [6, 6.07) is 15.1. The molecule has 0 aliphatic rings. The molecule has 0 aromatic heterocycles. The van der Waals surface area contributed by atoms with Crippen molar-refractivity contribution in [3.05, 3.63) is 58.1 Å². The summed E-state index contributed by atoms with van der Waals surface area (Å²) in [6.07, 6.45) is 1.17. The zero-order valence-electron chi connectivity index (χ0n) is 11.5. The van der Waals surface area contributed by atoms with Gasteiger partial charge in [-0.15, -0.1) is 0 Å². The third-order valence-electron chi connectivity index (χ3n) is 3.21. The van der Waals surface area contributed by atoms with Crippen LogP contribution in [0.3, 0.4) is 0 Å². The minimum atomic E-state index is 0.949. The van der Waals surface area contributed by atoms with E-state index in [0.717, 1.165) is 17.6 Å². The fourth-order valence-electron chi connectivity index (χ4n) is 2.23. The predicted molar refractivity (Wildman–Crippen MR) is 86.3 cm³/mol. The summed E-state index contributed by atoms with van der Waals surface area (Å²) in [6.45, 7) is 6.39. The van der Waals surface area contributed by atoms with Gasteiger partial charge in [0.05, 0.1) is 0 Å². The summed E-state index contributed by atoms with van der Waals surface area (Å²) in [5.74, 6) is 0. The molecule has 0 spiro atoms. The van der Waals surface area contributed by atoms with E-state index in [2.05, 4.69) is 71.5 Å². The van der Waals surface area contributed by atoms with Gasteiger partial charge in [0.2, 0.25) is 0 Å². The van der Waals surface area contributed by atoms with E-state index in [1.54, 1.807) is 0 Å². The SMILES string of the molecule is CCCNCc1ccc(-c2ccccc2Br)c(C)c1. The Morgan fingerprint density at radius 1 is 1.05 bits per heavy atom. The van der Waals surface area contributed by atoms with E-state index < -0.39 is 0 Å². The second-order valence-electron chi connectivity index (χ2n) is 4.81. The summed E-state index contributed by atoms with van der Waals surface area (Å²) in [5.41, 5.74) is 5.23. The monoisotopic (exact) mass is 317 g/mol. The Morgan fingerprint density at radius 3 is 2.53 bits per heavy atom. The fraction of sp³-hybridized carbons (Fsp3) is 0.294. The molecule has 0 amide bonds. The third kappa shape index (κ3) is 3.68. The molecular weight excluding hydrogens is 298 g/mol. The fourth-order valence-corrected chi connectivity index (χ4v) is 2.73. The van der Waals surface area contributed by atoms with Gasteiger partial charge in [0, 0.05) is 11.0 Å². The summed E-state index contributed by atoms with van der Waals surface area (Å²) in [5, 5.41) is 3.44. The van der Waals surface area contributed by atoms with Crippen LogP contribution in [0.2, 0.25) is 0 Å². The smallest absolute Gasteiger partial charge is 0.0253 e. The van der Waals surface area contributed by atoms with Gasteiger partial charge in [-0.1, -0.05) is 59.3 Å². The molecule has 19 heavy (non-hydrogen) atoms. The highest BCUT2D eigenvalue weighted by molar-refractivity contribution is 9.10. The van der Waals surface area contributed by atoms with Gasteiger partial charge in [0.25, 0.3) is 0 Å². The maximum Gasteiger partial charge on any atom is 0.0253 e. The van der Waals surface area contributed by atoms with Gasteiger partial charge >= 0.3 is 0 Å². The average Bonchev–Trinajstić information content (AvgIpc) is 2.40. The number of hydrogen-bond acceptors (Lipinski definition) is 1. The first-order chi connectivity index (χ1) is 9.22. The molecule has 100 valence electrons. The van der Waals surface area contributed by atoms with Crippen molar-refractivity contribution in [2.75, 3.05) is 6.54 Å². The maximum atomic E-state index is 3.62. The zero-order chi connectivity index (χ0) is 13.7. The lowest BCUT2D eigenvalue weighted by Crippen LogP contribution is -2.13. The maximum absolute atomic E-state index is 3.62. The molecule has 0 atom stereocenters. The molecular formula is C17H20BrN. The molecule has 0 saturated carbocycles. The van der Waals surface area contributed by atoms with Gasteiger partial charge in [0.1, 0.15) is 0 Å². The molecule has 0 radical (unpaired) electrons. The molecule has 0 saturated heterocycles. The van der Waals surface area contributed by atoms with Crippen molar-refractivity contribution < 1.29 is 0 Å². The van der Waals surface area contributed by atoms with E-state index in [1.165, 1.54) is 28.7 Å². The molecule has 2 heteroatoms. The first-order valence-corrected chi connectivity index (χ1v) is 7.57. The summed E-state index contributed by atoms with van der Waals surface area (Å²) >= 11 is 3.62. The van der Waals surface area contributed by atoms with Crippen molar-refractivity contribution in [3.63, 3.8) is 0 Å². The van der Waals surface area contributed by atoms with Gasteiger partial charge in [-0.3, -0.25) is 0 Å². The van der Waals surface area contributed by atoms with Crippen LogP contribution in [0.15, 0.2) is 46.9 Å². The number of aryl methyl sites for hydroxylation is 1.